The van der Waals surface area contributed by atoms with Crippen LogP contribution in [-0.2, 0) is 4.74 Å². The number of ether oxygens (including phenoxy) is 1. The standard InChI is InChI=1S/C24H30N8O4/c33-22(17-2-1-7-25-17)32-21-19(23(34)31(24(32)35)16-4-5-16)28-20(29-21)15-3-6-18(27-14-15)26-8-9-30-10-12-36-13-11-30/h3,6,14,16-17,25H,1-2,4-5,7-13H2,(H,26,27)(H,28,29)/t17-/m0/s1. The first-order valence-corrected chi connectivity index (χ1v) is 12.7. The van der Waals surface area contributed by atoms with E-state index >= 15 is 0 Å². The molecule has 3 aromatic rings. The van der Waals surface area contributed by atoms with E-state index in [4.69, 9.17) is 4.74 Å². The number of carbonyl (C=O) groups is 1. The van der Waals surface area contributed by atoms with E-state index < -0.39 is 17.3 Å². The molecular formula is C24H30N8O4. The van der Waals surface area contributed by atoms with Crippen LogP contribution in [0.15, 0.2) is 27.9 Å². The normalized spacial score (nSPS) is 20.7. The van der Waals surface area contributed by atoms with Crippen LogP contribution in [0.25, 0.3) is 22.6 Å². The maximum Gasteiger partial charge on any atom is 0.339 e. The number of nitrogens with one attached hydrogen (secondary N) is 3. The maximum atomic E-state index is 13.3. The van der Waals surface area contributed by atoms with Crippen molar-refractivity contribution in [2.45, 2.75) is 37.8 Å². The van der Waals surface area contributed by atoms with E-state index in [9.17, 15) is 14.4 Å². The molecule has 12 nitrogen and oxygen atoms in total. The van der Waals surface area contributed by atoms with Gasteiger partial charge in [0.05, 0.1) is 19.3 Å². The zero-order valence-electron chi connectivity index (χ0n) is 20.0. The number of H-pyrrole nitrogens is 1. The van der Waals surface area contributed by atoms with Crippen molar-refractivity contribution in [3.8, 4) is 11.4 Å². The van der Waals surface area contributed by atoms with Gasteiger partial charge in [0, 0.05) is 44.0 Å². The molecule has 0 bridgehead atoms. The van der Waals surface area contributed by atoms with Gasteiger partial charge in [0.2, 0.25) is 0 Å². The van der Waals surface area contributed by atoms with E-state index in [1.165, 1.54) is 4.57 Å². The fourth-order valence-corrected chi connectivity index (χ4v) is 4.93. The second-order valence-electron chi connectivity index (χ2n) is 9.61. The Labute approximate surface area is 206 Å². The van der Waals surface area contributed by atoms with E-state index in [-0.39, 0.29) is 23.1 Å². The van der Waals surface area contributed by atoms with Gasteiger partial charge in [0.25, 0.3) is 11.5 Å². The maximum absolute atomic E-state index is 13.3. The highest BCUT2D eigenvalue weighted by molar-refractivity contribution is 5.92. The number of carbonyl (C=O) groups excluding carboxylic acids is 1. The number of pyridine rings is 1. The summed E-state index contributed by atoms with van der Waals surface area (Å²) in [6.07, 6.45) is 4.68. The van der Waals surface area contributed by atoms with Crippen LogP contribution in [0, 0.1) is 0 Å². The minimum Gasteiger partial charge on any atom is -0.379 e. The average molecular weight is 495 g/mol. The number of anilines is 1. The van der Waals surface area contributed by atoms with Crippen molar-refractivity contribution in [2.75, 3.05) is 51.3 Å². The number of imidazole rings is 1. The first kappa shape index (κ1) is 23.1. The molecule has 2 aliphatic heterocycles. The van der Waals surface area contributed by atoms with Gasteiger partial charge in [-0.1, -0.05) is 0 Å². The fraction of sp³-hybridized carbons (Fsp3) is 0.542. The Kier molecular flexibility index (Phi) is 6.15. The predicted molar refractivity (Wildman–Crippen MR) is 134 cm³/mol. The fourth-order valence-electron chi connectivity index (χ4n) is 4.93. The van der Waals surface area contributed by atoms with E-state index in [0.717, 1.165) is 75.6 Å². The van der Waals surface area contributed by atoms with Crippen molar-refractivity contribution in [2.24, 2.45) is 0 Å². The quantitative estimate of drug-likeness (QED) is 0.426. The smallest absolute Gasteiger partial charge is 0.339 e. The second kappa shape index (κ2) is 9.60. The van der Waals surface area contributed by atoms with Crippen LogP contribution < -0.4 is 21.9 Å². The first-order chi connectivity index (χ1) is 17.6. The highest BCUT2D eigenvalue weighted by Gasteiger charge is 2.33. The summed E-state index contributed by atoms with van der Waals surface area (Å²) < 4.78 is 7.66. The molecule has 1 atom stereocenters. The van der Waals surface area contributed by atoms with Gasteiger partial charge in [0.1, 0.15) is 11.6 Å². The van der Waals surface area contributed by atoms with Gasteiger partial charge in [-0.15, -0.1) is 0 Å². The molecule has 2 saturated heterocycles. The number of hydrogen-bond donors (Lipinski definition) is 3. The molecule has 0 unspecified atom stereocenters. The lowest BCUT2D eigenvalue weighted by molar-refractivity contribution is 0.0398. The minimum atomic E-state index is -0.607. The summed E-state index contributed by atoms with van der Waals surface area (Å²) in [6.45, 7) is 5.81. The third-order valence-corrected chi connectivity index (χ3v) is 7.09. The monoisotopic (exact) mass is 494 g/mol. The molecule has 3 fully saturated rings. The van der Waals surface area contributed by atoms with Gasteiger partial charge in [0.15, 0.2) is 11.2 Å². The Morgan fingerprint density at radius 3 is 2.69 bits per heavy atom. The average Bonchev–Trinajstić information content (AvgIpc) is 3.38. The molecule has 3 N–H and O–H groups in total. The van der Waals surface area contributed by atoms with Crippen LogP contribution in [0.2, 0.25) is 0 Å². The number of rotatable bonds is 7. The molecule has 5 heterocycles. The van der Waals surface area contributed by atoms with Gasteiger partial charge in [-0.3, -0.25) is 19.1 Å². The molecule has 3 aliphatic rings. The van der Waals surface area contributed by atoms with E-state index in [1.54, 1.807) is 6.20 Å². The lowest BCUT2D eigenvalue weighted by Crippen LogP contribution is -2.46. The SMILES string of the molecule is O=C([C@@H]1CCCN1)n1c(=O)n(C2CC2)c(=O)c2[nH]c(-c3ccc(NCCN4CCOCC4)nc3)nc21. The topological polar surface area (TPSA) is 139 Å². The Morgan fingerprint density at radius 2 is 2.00 bits per heavy atom. The largest absolute Gasteiger partial charge is 0.379 e. The van der Waals surface area contributed by atoms with Crippen molar-refractivity contribution in [3.63, 3.8) is 0 Å². The van der Waals surface area contributed by atoms with Gasteiger partial charge >= 0.3 is 5.69 Å². The Hall–Kier alpha value is -3.35. The third-order valence-electron chi connectivity index (χ3n) is 7.09. The first-order valence-electron chi connectivity index (χ1n) is 12.7. The summed E-state index contributed by atoms with van der Waals surface area (Å²) in [7, 11) is 0. The molecule has 0 aromatic carbocycles. The van der Waals surface area contributed by atoms with Crippen LogP contribution in [0.1, 0.15) is 36.5 Å². The molecule has 190 valence electrons. The highest BCUT2D eigenvalue weighted by Crippen LogP contribution is 2.32. The molecule has 0 amide bonds. The zero-order chi connectivity index (χ0) is 24.6. The third kappa shape index (κ3) is 4.36. The van der Waals surface area contributed by atoms with Crippen molar-refractivity contribution in [1.82, 2.24) is 34.3 Å². The predicted octanol–water partition coefficient (Wildman–Crippen LogP) is 0.420. The summed E-state index contributed by atoms with van der Waals surface area (Å²) in [6, 6.07) is 3.08. The number of nitrogens with zero attached hydrogens (tertiary/aromatic N) is 5. The van der Waals surface area contributed by atoms with Crippen molar-refractivity contribution >= 4 is 22.9 Å². The van der Waals surface area contributed by atoms with Crippen LogP contribution in [-0.4, -0.2) is 86.9 Å². The molecule has 3 aromatic heterocycles. The van der Waals surface area contributed by atoms with Gasteiger partial charge in [-0.2, -0.15) is 0 Å². The summed E-state index contributed by atoms with van der Waals surface area (Å²) >= 11 is 0. The summed E-state index contributed by atoms with van der Waals surface area (Å²) in [5.74, 6) is 0.759. The van der Waals surface area contributed by atoms with E-state index in [2.05, 4.69) is 30.5 Å². The van der Waals surface area contributed by atoms with Crippen LogP contribution in [0.4, 0.5) is 5.82 Å². The van der Waals surface area contributed by atoms with Crippen molar-refractivity contribution in [1.29, 1.82) is 0 Å². The Balaban J connectivity index is 1.28. The van der Waals surface area contributed by atoms with Crippen molar-refractivity contribution in [3.05, 3.63) is 39.2 Å². The summed E-state index contributed by atoms with van der Waals surface area (Å²) in [4.78, 5) is 54.2. The van der Waals surface area contributed by atoms with E-state index in [1.807, 2.05) is 12.1 Å². The van der Waals surface area contributed by atoms with Gasteiger partial charge in [-0.25, -0.2) is 19.3 Å². The molecule has 1 aliphatic carbocycles. The minimum absolute atomic E-state index is 0.0725. The molecular weight excluding hydrogens is 464 g/mol. The number of morpholine rings is 1. The van der Waals surface area contributed by atoms with Gasteiger partial charge in [-0.05, 0) is 44.4 Å². The Bertz CT molecular complexity index is 1380. The number of fused-ring (bicyclic) bond motifs is 1. The number of hydrogen-bond acceptors (Lipinski definition) is 9. The van der Waals surface area contributed by atoms with Crippen LogP contribution in [0.5, 0.6) is 0 Å². The van der Waals surface area contributed by atoms with Gasteiger partial charge < -0.3 is 20.4 Å². The number of aromatic nitrogens is 5. The molecule has 0 radical (unpaired) electrons. The summed E-state index contributed by atoms with van der Waals surface area (Å²) in [5.41, 5.74) is -0.148. The Morgan fingerprint density at radius 1 is 1.17 bits per heavy atom. The molecule has 0 spiro atoms. The van der Waals surface area contributed by atoms with Crippen molar-refractivity contribution < 1.29 is 9.53 Å². The van der Waals surface area contributed by atoms with E-state index in [0.29, 0.717) is 17.8 Å². The second-order valence-corrected chi connectivity index (χ2v) is 9.61. The number of aromatic amines is 1. The van der Waals surface area contributed by atoms with Crippen LogP contribution in [0.3, 0.4) is 0 Å². The zero-order valence-corrected chi connectivity index (χ0v) is 20.0. The summed E-state index contributed by atoms with van der Waals surface area (Å²) in [5, 5.41) is 6.47. The molecule has 36 heavy (non-hydrogen) atoms. The molecule has 1 saturated carbocycles. The van der Waals surface area contributed by atoms with Crippen LogP contribution >= 0.6 is 0 Å². The molecule has 6 rings (SSSR count). The highest BCUT2D eigenvalue weighted by atomic mass is 16.5. The lowest BCUT2D eigenvalue weighted by Gasteiger charge is -2.26. The molecule has 12 heteroatoms. The lowest BCUT2D eigenvalue weighted by atomic mass is 10.2.